The molecule has 1 aromatic heterocycles. The van der Waals surface area contributed by atoms with E-state index in [-0.39, 0.29) is 5.97 Å². The number of para-hydroxylation sites is 1. The lowest BCUT2D eigenvalue weighted by atomic mass is 10.1. The van der Waals surface area contributed by atoms with Gasteiger partial charge in [-0.15, -0.1) is 0 Å². The van der Waals surface area contributed by atoms with E-state index in [1.807, 2.05) is 36.5 Å². The molecule has 100 valence electrons. The molecule has 0 atom stereocenters. The highest BCUT2D eigenvalue weighted by molar-refractivity contribution is 5.83. The summed E-state index contributed by atoms with van der Waals surface area (Å²) in [5.74, 6) is -0.147. The van der Waals surface area contributed by atoms with Gasteiger partial charge in [0, 0.05) is 23.5 Å². The number of aromatic amines is 1. The lowest BCUT2D eigenvalue weighted by Gasteiger charge is -2.01. The van der Waals surface area contributed by atoms with Gasteiger partial charge in [0.05, 0.1) is 0 Å². The van der Waals surface area contributed by atoms with Crippen molar-refractivity contribution < 1.29 is 9.53 Å². The summed E-state index contributed by atoms with van der Waals surface area (Å²) in [6, 6.07) is 8.10. The van der Waals surface area contributed by atoms with Crippen LogP contribution in [0.1, 0.15) is 25.3 Å². The van der Waals surface area contributed by atoms with Crippen molar-refractivity contribution in [2.24, 2.45) is 0 Å². The molecule has 0 spiro atoms. The van der Waals surface area contributed by atoms with Crippen LogP contribution in [0.5, 0.6) is 0 Å². The van der Waals surface area contributed by atoms with Gasteiger partial charge in [-0.1, -0.05) is 37.3 Å². The van der Waals surface area contributed by atoms with Crippen molar-refractivity contribution in [1.29, 1.82) is 0 Å². The number of aromatic nitrogens is 1. The van der Waals surface area contributed by atoms with Crippen molar-refractivity contribution >= 4 is 16.9 Å². The molecule has 0 amide bonds. The number of allylic oxidation sites excluding steroid dienone is 1. The Hall–Kier alpha value is -2.03. The molecule has 1 N–H and O–H groups in total. The molecule has 2 rings (SSSR count). The summed E-state index contributed by atoms with van der Waals surface area (Å²) in [6.45, 7) is 2.43. The summed E-state index contributed by atoms with van der Waals surface area (Å²) in [6.07, 6.45) is 7.93. The Kier molecular flexibility index (Phi) is 4.78. The largest absolute Gasteiger partial charge is 0.461 e. The van der Waals surface area contributed by atoms with Crippen molar-refractivity contribution in [3.63, 3.8) is 0 Å². The van der Waals surface area contributed by atoms with Crippen molar-refractivity contribution in [1.82, 2.24) is 4.98 Å². The van der Waals surface area contributed by atoms with Crippen LogP contribution in [0.25, 0.3) is 10.9 Å². The lowest BCUT2D eigenvalue weighted by Crippen LogP contribution is -2.05. The number of fused-ring (bicyclic) bond motifs is 1. The summed E-state index contributed by atoms with van der Waals surface area (Å²) in [4.78, 5) is 14.8. The Labute approximate surface area is 113 Å². The molecule has 1 aromatic carbocycles. The van der Waals surface area contributed by atoms with Gasteiger partial charge >= 0.3 is 5.97 Å². The van der Waals surface area contributed by atoms with Gasteiger partial charge in [0.1, 0.15) is 6.61 Å². The Morgan fingerprint density at radius 3 is 3.00 bits per heavy atom. The second kappa shape index (κ2) is 6.78. The lowest BCUT2D eigenvalue weighted by molar-refractivity contribution is -0.142. The fraction of sp³-hybridized carbons (Fsp3) is 0.312. The van der Waals surface area contributed by atoms with Crippen molar-refractivity contribution in [2.75, 3.05) is 6.61 Å². The summed E-state index contributed by atoms with van der Waals surface area (Å²) >= 11 is 0. The zero-order chi connectivity index (χ0) is 13.5. The molecule has 0 saturated heterocycles. The fourth-order valence-corrected chi connectivity index (χ4v) is 2.02. The van der Waals surface area contributed by atoms with E-state index in [9.17, 15) is 4.79 Å². The third-order valence-electron chi connectivity index (χ3n) is 3.02. The molecule has 0 aliphatic carbocycles. The zero-order valence-electron chi connectivity index (χ0n) is 11.2. The van der Waals surface area contributed by atoms with Gasteiger partial charge in [-0.25, -0.2) is 0 Å². The minimum Gasteiger partial charge on any atom is -0.461 e. The molecule has 0 fully saturated rings. The highest BCUT2D eigenvalue weighted by Crippen LogP contribution is 2.18. The molecule has 0 aliphatic rings. The van der Waals surface area contributed by atoms with Crippen LogP contribution >= 0.6 is 0 Å². The number of ether oxygens (including phenoxy) is 1. The number of hydrogen-bond acceptors (Lipinski definition) is 2. The summed E-state index contributed by atoms with van der Waals surface area (Å²) in [5.41, 5.74) is 2.27. The van der Waals surface area contributed by atoms with Gasteiger partial charge in [-0.05, 0) is 24.5 Å². The topological polar surface area (TPSA) is 42.1 Å². The molecule has 0 aliphatic heterocycles. The molecule has 1 heterocycles. The van der Waals surface area contributed by atoms with Crippen LogP contribution in [-0.4, -0.2) is 17.6 Å². The van der Waals surface area contributed by atoms with Crippen LogP contribution in [-0.2, 0) is 16.0 Å². The van der Waals surface area contributed by atoms with E-state index in [1.165, 1.54) is 5.39 Å². The van der Waals surface area contributed by atoms with E-state index >= 15 is 0 Å². The monoisotopic (exact) mass is 257 g/mol. The van der Waals surface area contributed by atoms with E-state index in [2.05, 4.69) is 18.0 Å². The van der Waals surface area contributed by atoms with E-state index in [1.54, 1.807) is 0 Å². The van der Waals surface area contributed by atoms with Crippen LogP contribution < -0.4 is 0 Å². The minimum absolute atomic E-state index is 0.147. The average molecular weight is 257 g/mol. The standard InChI is InChI=1S/C16H19NO2/c1-2-3-6-11-19-16(18)10-9-13-12-17-15-8-5-4-7-14(13)15/h3-8,12,17H,2,9-11H2,1H3/b6-3+. The predicted molar refractivity (Wildman–Crippen MR) is 77.0 cm³/mol. The number of H-pyrrole nitrogens is 1. The third kappa shape index (κ3) is 3.71. The molecule has 0 unspecified atom stereocenters. The number of nitrogens with one attached hydrogen (secondary N) is 1. The first-order chi connectivity index (χ1) is 9.31. The second-order valence-electron chi connectivity index (χ2n) is 4.42. The maximum atomic E-state index is 11.6. The zero-order valence-corrected chi connectivity index (χ0v) is 11.2. The van der Waals surface area contributed by atoms with Gasteiger partial charge in [-0.3, -0.25) is 4.79 Å². The van der Waals surface area contributed by atoms with Gasteiger partial charge in [0.2, 0.25) is 0 Å². The van der Waals surface area contributed by atoms with Crippen LogP contribution in [0.15, 0.2) is 42.6 Å². The molecule has 0 bridgehead atoms. The van der Waals surface area contributed by atoms with E-state index < -0.39 is 0 Å². The smallest absolute Gasteiger partial charge is 0.306 e. The SMILES string of the molecule is CC/C=C/COC(=O)CCc1c[nH]c2ccccc12. The highest BCUT2D eigenvalue weighted by atomic mass is 16.5. The van der Waals surface area contributed by atoms with Crippen molar-refractivity contribution in [3.05, 3.63) is 48.2 Å². The molecule has 2 aromatic rings. The van der Waals surface area contributed by atoms with E-state index in [0.717, 1.165) is 17.5 Å². The number of carbonyl (C=O) groups is 1. The summed E-state index contributed by atoms with van der Waals surface area (Å²) in [7, 11) is 0. The van der Waals surface area contributed by atoms with E-state index in [0.29, 0.717) is 19.4 Å². The molecule has 3 nitrogen and oxygen atoms in total. The highest BCUT2D eigenvalue weighted by Gasteiger charge is 2.06. The first-order valence-electron chi connectivity index (χ1n) is 6.67. The Morgan fingerprint density at radius 1 is 1.32 bits per heavy atom. The Bertz CT molecular complexity index is 569. The molecule has 0 saturated carbocycles. The predicted octanol–water partition coefficient (Wildman–Crippen LogP) is 3.61. The Balaban J connectivity index is 1.85. The van der Waals surface area contributed by atoms with Crippen LogP contribution in [0.3, 0.4) is 0 Å². The minimum atomic E-state index is -0.147. The molecule has 3 heteroatoms. The number of rotatable bonds is 6. The first kappa shape index (κ1) is 13.4. The van der Waals surface area contributed by atoms with Gasteiger partial charge in [0.25, 0.3) is 0 Å². The number of benzene rings is 1. The Morgan fingerprint density at radius 2 is 2.16 bits per heavy atom. The second-order valence-corrected chi connectivity index (χ2v) is 4.42. The number of esters is 1. The fourth-order valence-electron chi connectivity index (χ4n) is 2.02. The van der Waals surface area contributed by atoms with Crippen LogP contribution in [0.2, 0.25) is 0 Å². The third-order valence-corrected chi connectivity index (χ3v) is 3.02. The number of aryl methyl sites for hydroxylation is 1. The summed E-state index contributed by atoms with van der Waals surface area (Å²) in [5, 5.41) is 1.18. The van der Waals surface area contributed by atoms with E-state index in [4.69, 9.17) is 4.74 Å². The summed E-state index contributed by atoms with van der Waals surface area (Å²) < 4.78 is 5.12. The number of hydrogen-bond donors (Lipinski definition) is 1. The maximum absolute atomic E-state index is 11.6. The van der Waals surface area contributed by atoms with Gasteiger partial charge in [-0.2, -0.15) is 0 Å². The molecular weight excluding hydrogens is 238 g/mol. The normalized spacial score (nSPS) is 11.2. The first-order valence-corrected chi connectivity index (χ1v) is 6.67. The van der Waals surface area contributed by atoms with Gasteiger partial charge in [0.15, 0.2) is 0 Å². The van der Waals surface area contributed by atoms with Crippen LogP contribution in [0.4, 0.5) is 0 Å². The van der Waals surface area contributed by atoms with Gasteiger partial charge < -0.3 is 9.72 Å². The molecular formula is C16H19NO2. The van der Waals surface area contributed by atoms with Crippen molar-refractivity contribution in [3.8, 4) is 0 Å². The maximum Gasteiger partial charge on any atom is 0.306 e. The number of carbonyl (C=O) groups excluding carboxylic acids is 1. The molecule has 0 radical (unpaired) electrons. The molecule has 19 heavy (non-hydrogen) atoms. The quantitative estimate of drug-likeness (QED) is 0.634. The average Bonchev–Trinajstić information content (AvgIpc) is 2.85. The van der Waals surface area contributed by atoms with Crippen LogP contribution in [0, 0.1) is 0 Å². The van der Waals surface area contributed by atoms with Crippen molar-refractivity contribution in [2.45, 2.75) is 26.2 Å².